The van der Waals surface area contributed by atoms with E-state index in [4.69, 9.17) is 0 Å². The molecule has 0 saturated carbocycles. The van der Waals surface area contributed by atoms with Gasteiger partial charge in [-0.1, -0.05) is 22.9 Å². The molecular formula is C15H25BrN2O2S. The van der Waals surface area contributed by atoms with E-state index in [1.807, 2.05) is 26.0 Å². The standard InChI is InChI=1S/C15H25BrN2O2S/c1-4-7-17-8-5-6-9-21(19,20)18-15-12(2)10-14(16)11-13(15)3/h10-11,17-18H,4-9H2,1-3H3. The van der Waals surface area contributed by atoms with Crippen LogP contribution in [0.2, 0.25) is 0 Å². The number of nitrogens with one attached hydrogen (secondary N) is 2. The Balaban J connectivity index is 2.53. The number of hydrogen-bond acceptors (Lipinski definition) is 3. The maximum atomic E-state index is 12.1. The first kappa shape index (κ1) is 18.5. The molecule has 120 valence electrons. The van der Waals surface area contributed by atoms with Gasteiger partial charge >= 0.3 is 0 Å². The van der Waals surface area contributed by atoms with Crippen LogP contribution in [-0.4, -0.2) is 27.3 Å². The SMILES string of the molecule is CCCNCCCCS(=O)(=O)Nc1c(C)cc(Br)cc1C. The summed E-state index contributed by atoms with van der Waals surface area (Å²) in [6, 6.07) is 3.83. The molecule has 0 aromatic heterocycles. The van der Waals surface area contributed by atoms with Crippen LogP contribution in [-0.2, 0) is 10.0 Å². The average molecular weight is 377 g/mol. The fourth-order valence-corrected chi connectivity index (χ4v) is 4.13. The maximum absolute atomic E-state index is 12.1. The lowest BCUT2D eigenvalue weighted by Gasteiger charge is -2.14. The minimum atomic E-state index is -3.28. The first-order valence-corrected chi connectivity index (χ1v) is 9.78. The summed E-state index contributed by atoms with van der Waals surface area (Å²) in [5.41, 5.74) is 2.55. The average Bonchev–Trinajstić information content (AvgIpc) is 2.38. The molecule has 0 amide bonds. The predicted octanol–water partition coefficient (Wildman–Crippen LogP) is 3.59. The summed E-state index contributed by atoms with van der Waals surface area (Å²) >= 11 is 3.41. The fraction of sp³-hybridized carbons (Fsp3) is 0.600. The van der Waals surface area contributed by atoms with E-state index >= 15 is 0 Å². The van der Waals surface area contributed by atoms with Gasteiger partial charge in [-0.25, -0.2) is 8.42 Å². The Labute approximate surface area is 136 Å². The zero-order valence-electron chi connectivity index (χ0n) is 13.0. The number of halogens is 1. The second kappa shape index (κ2) is 8.76. The number of rotatable bonds is 9. The van der Waals surface area contributed by atoms with Crippen LogP contribution >= 0.6 is 15.9 Å². The molecule has 0 radical (unpaired) electrons. The van der Waals surface area contributed by atoms with Crippen molar-refractivity contribution in [1.82, 2.24) is 5.32 Å². The summed E-state index contributed by atoms with van der Waals surface area (Å²) in [4.78, 5) is 0. The van der Waals surface area contributed by atoms with Crippen LogP contribution in [0.15, 0.2) is 16.6 Å². The number of hydrogen-bond donors (Lipinski definition) is 2. The summed E-state index contributed by atoms with van der Waals surface area (Å²) in [7, 11) is -3.28. The molecule has 0 bridgehead atoms. The van der Waals surface area contributed by atoms with Gasteiger partial charge in [-0.15, -0.1) is 0 Å². The lowest BCUT2D eigenvalue weighted by atomic mass is 10.1. The number of unbranched alkanes of at least 4 members (excludes halogenated alkanes) is 1. The normalized spacial score (nSPS) is 11.6. The molecule has 1 aromatic carbocycles. The summed E-state index contributed by atoms with van der Waals surface area (Å²) in [6.07, 6.45) is 2.64. The second-order valence-electron chi connectivity index (χ2n) is 5.29. The van der Waals surface area contributed by atoms with Crippen molar-refractivity contribution >= 4 is 31.6 Å². The predicted molar refractivity (Wildman–Crippen MR) is 93.4 cm³/mol. The molecule has 2 N–H and O–H groups in total. The van der Waals surface area contributed by atoms with Crippen molar-refractivity contribution in [1.29, 1.82) is 0 Å². The Kier molecular flexibility index (Phi) is 7.70. The first-order valence-electron chi connectivity index (χ1n) is 7.33. The third kappa shape index (κ3) is 6.80. The Morgan fingerprint density at radius 3 is 2.29 bits per heavy atom. The van der Waals surface area contributed by atoms with E-state index in [2.05, 4.69) is 32.9 Å². The van der Waals surface area contributed by atoms with Gasteiger partial charge in [-0.3, -0.25) is 4.72 Å². The summed E-state index contributed by atoms with van der Waals surface area (Å²) in [5, 5.41) is 3.28. The molecule has 0 spiro atoms. The quantitative estimate of drug-likeness (QED) is 0.647. The van der Waals surface area contributed by atoms with Crippen LogP contribution < -0.4 is 10.0 Å². The Morgan fingerprint density at radius 2 is 1.71 bits per heavy atom. The van der Waals surface area contributed by atoms with E-state index in [1.54, 1.807) is 0 Å². The van der Waals surface area contributed by atoms with Crippen LogP contribution in [0.25, 0.3) is 0 Å². The molecule has 0 saturated heterocycles. The van der Waals surface area contributed by atoms with Crippen molar-refractivity contribution in [3.05, 3.63) is 27.7 Å². The smallest absolute Gasteiger partial charge is 0.232 e. The van der Waals surface area contributed by atoms with Gasteiger partial charge in [-0.05, 0) is 69.5 Å². The van der Waals surface area contributed by atoms with Gasteiger partial charge in [0, 0.05) is 4.47 Å². The number of anilines is 1. The lowest BCUT2D eigenvalue weighted by Crippen LogP contribution is -2.20. The van der Waals surface area contributed by atoms with Crippen LogP contribution in [0.3, 0.4) is 0 Å². The molecule has 0 aliphatic heterocycles. The largest absolute Gasteiger partial charge is 0.317 e. The number of sulfonamides is 1. The van der Waals surface area contributed by atoms with Gasteiger partial charge < -0.3 is 5.32 Å². The molecule has 0 heterocycles. The van der Waals surface area contributed by atoms with Crippen molar-refractivity contribution in [2.45, 2.75) is 40.0 Å². The van der Waals surface area contributed by atoms with E-state index in [0.29, 0.717) is 12.1 Å². The van der Waals surface area contributed by atoms with Gasteiger partial charge in [-0.2, -0.15) is 0 Å². The Morgan fingerprint density at radius 1 is 1.10 bits per heavy atom. The highest BCUT2D eigenvalue weighted by atomic mass is 79.9. The molecule has 1 rings (SSSR count). The Hall–Kier alpha value is -0.590. The molecule has 0 aliphatic carbocycles. The molecule has 21 heavy (non-hydrogen) atoms. The zero-order chi connectivity index (χ0) is 15.9. The van der Waals surface area contributed by atoms with Crippen molar-refractivity contribution in [2.24, 2.45) is 0 Å². The highest BCUT2D eigenvalue weighted by molar-refractivity contribution is 9.10. The van der Waals surface area contributed by atoms with Crippen molar-refractivity contribution in [3.8, 4) is 0 Å². The zero-order valence-corrected chi connectivity index (χ0v) is 15.4. The molecular weight excluding hydrogens is 352 g/mol. The van der Waals surface area contributed by atoms with Gasteiger partial charge in [0.1, 0.15) is 0 Å². The number of benzene rings is 1. The van der Waals surface area contributed by atoms with Crippen LogP contribution in [0, 0.1) is 13.8 Å². The second-order valence-corrected chi connectivity index (χ2v) is 8.05. The highest BCUT2D eigenvalue weighted by Crippen LogP contribution is 2.26. The summed E-state index contributed by atoms with van der Waals surface area (Å²) < 4.78 is 27.9. The molecule has 4 nitrogen and oxygen atoms in total. The minimum Gasteiger partial charge on any atom is -0.317 e. The fourth-order valence-electron chi connectivity index (χ4n) is 2.12. The van der Waals surface area contributed by atoms with E-state index in [1.165, 1.54) is 0 Å². The van der Waals surface area contributed by atoms with Gasteiger partial charge in [0.25, 0.3) is 0 Å². The van der Waals surface area contributed by atoms with E-state index in [-0.39, 0.29) is 5.75 Å². The molecule has 0 unspecified atom stereocenters. The third-order valence-electron chi connectivity index (χ3n) is 3.20. The summed E-state index contributed by atoms with van der Waals surface area (Å²) in [5.74, 6) is 0.162. The first-order chi connectivity index (χ1) is 9.85. The molecule has 0 atom stereocenters. The monoisotopic (exact) mass is 376 g/mol. The van der Waals surface area contributed by atoms with E-state index in [0.717, 1.165) is 41.5 Å². The molecule has 0 fully saturated rings. The van der Waals surface area contributed by atoms with Gasteiger partial charge in [0.15, 0.2) is 0 Å². The third-order valence-corrected chi connectivity index (χ3v) is 5.00. The van der Waals surface area contributed by atoms with Crippen molar-refractivity contribution in [2.75, 3.05) is 23.6 Å². The van der Waals surface area contributed by atoms with Crippen LogP contribution in [0.4, 0.5) is 5.69 Å². The Bertz CT molecular complexity index is 536. The maximum Gasteiger partial charge on any atom is 0.232 e. The highest BCUT2D eigenvalue weighted by Gasteiger charge is 2.13. The minimum absolute atomic E-state index is 0.162. The van der Waals surface area contributed by atoms with E-state index < -0.39 is 10.0 Å². The molecule has 6 heteroatoms. The summed E-state index contributed by atoms with van der Waals surface area (Å²) in [6.45, 7) is 7.79. The van der Waals surface area contributed by atoms with Gasteiger partial charge in [0.05, 0.1) is 11.4 Å². The van der Waals surface area contributed by atoms with Crippen molar-refractivity contribution in [3.63, 3.8) is 0 Å². The topological polar surface area (TPSA) is 58.2 Å². The molecule has 1 aromatic rings. The van der Waals surface area contributed by atoms with Crippen LogP contribution in [0.1, 0.15) is 37.3 Å². The lowest BCUT2D eigenvalue weighted by molar-refractivity contribution is 0.590. The molecule has 0 aliphatic rings. The van der Waals surface area contributed by atoms with Crippen molar-refractivity contribution < 1.29 is 8.42 Å². The van der Waals surface area contributed by atoms with E-state index in [9.17, 15) is 8.42 Å². The number of aryl methyl sites for hydroxylation is 2. The van der Waals surface area contributed by atoms with Crippen LogP contribution in [0.5, 0.6) is 0 Å². The van der Waals surface area contributed by atoms with Gasteiger partial charge in [0.2, 0.25) is 10.0 Å².